The van der Waals surface area contributed by atoms with Gasteiger partial charge in [-0.25, -0.2) is 0 Å². The van der Waals surface area contributed by atoms with E-state index in [2.05, 4.69) is 56.6 Å². The molecule has 1 rings (SSSR count). The van der Waals surface area contributed by atoms with Gasteiger partial charge >= 0.3 is 0 Å². The summed E-state index contributed by atoms with van der Waals surface area (Å²) >= 11 is 2.10. The van der Waals surface area contributed by atoms with Gasteiger partial charge in [0.1, 0.15) is 0 Å². The first-order valence-corrected chi connectivity index (χ1v) is 6.88. The Hall–Kier alpha value is 0.270. The van der Waals surface area contributed by atoms with E-state index in [1.807, 2.05) is 0 Å². The van der Waals surface area contributed by atoms with Gasteiger partial charge in [0.2, 0.25) is 0 Å². The van der Waals surface area contributed by atoms with Crippen LogP contribution in [0, 0.1) is 0 Å². The van der Waals surface area contributed by atoms with Crippen molar-refractivity contribution < 1.29 is 0 Å². The molecule has 0 spiro atoms. The predicted octanol–water partition coefficient (Wildman–Crippen LogP) is 2.20. The largest absolute Gasteiger partial charge is 0.311 e. The highest BCUT2D eigenvalue weighted by Gasteiger charge is 2.26. The molecule has 0 aromatic rings. The summed E-state index contributed by atoms with van der Waals surface area (Å²) in [5, 5.41) is 3.55. The molecule has 1 aliphatic rings. The Bertz CT molecular complexity index is 196. The lowest BCUT2D eigenvalue weighted by Gasteiger charge is -2.38. The van der Waals surface area contributed by atoms with Gasteiger partial charge in [-0.3, -0.25) is 4.90 Å². The fraction of sp³-hybridized carbons (Fsp3) is 1.00. The lowest BCUT2D eigenvalue weighted by molar-refractivity contribution is 0.250. The number of thioether (sulfide) groups is 1. The van der Waals surface area contributed by atoms with Gasteiger partial charge in [-0.2, -0.15) is 11.8 Å². The lowest BCUT2D eigenvalue weighted by Crippen LogP contribution is -2.47. The van der Waals surface area contributed by atoms with Crippen LogP contribution in [0.1, 0.15) is 34.6 Å². The molecule has 0 aromatic carbocycles. The maximum absolute atomic E-state index is 3.55. The van der Waals surface area contributed by atoms with Crippen LogP contribution in [0.2, 0.25) is 0 Å². The summed E-state index contributed by atoms with van der Waals surface area (Å²) in [6.07, 6.45) is 0. The molecule has 0 aromatic heterocycles. The van der Waals surface area contributed by atoms with Crippen molar-refractivity contribution in [3.63, 3.8) is 0 Å². The van der Waals surface area contributed by atoms with Gasteiger partial charge in [-0.1, -0.05) is 0 Å². The first-order chi connectivity index (χ1) is 6.79. The Balaban J connectivity index is 2.22. The van der Waals surface area contributed by atoms with Gasteiger partial charge in [0.25, 0.3) is 0 Å². The molecule has 0 bridgehead atoms. The monoisotopic (exact) mass is 230 g/mol. The molecule has 90 valence electrons. The zero-order chi connectivity index (χ0) is 11.5. The molecule has 1 saturated heterocycles. The van der Waals surface area contributed by atoms with Crippen LogP contribution in [0.5, 0.6) is 0 Å². The van der Waals surface area contributed by atoms with Crippen LogP contribution in [0.25, 0.3) is 0 Å². The molecule has 2 nitrogen and oxygen atoms in total. The summed E-state index contributed by atoms with van der Waals surface area (Å²) in [7, 11) is 0. The SMILES string of the molecule is CC(C)(C)NCCN1CCSC(C)(C)C1. The quantitative estimate of drug-likeness (QED) is 0.800. The number of rotatable bonds is 3. The van der Waals surface area contributed by atoms with Crippen molar-refractivity contribution >= 4 is 11.8 Å². The topological polar surface area (TPSA) is 15.3 Å². The highest BCUT2D eigenvalue weighted by molar-refractivity contribution is 8.00. The molecule has 0 saturated carbocycles. The fourth-order valence-electron chi connectivity index (χ4n) is 1.89. The van der Waals surface area contributed by atoms with Gasteiger partial charge in [-0.05, 0) is 34.6 Å². The molecule has 15 heavy (non-hydrogen) atoms. The van der Waals surface area contributed by atoms with Crippen LogP contribution < -0.4 is 5.32 Å². The third-order valence-electron chi connectivity index (χ3n) is 2.59. The maximum atomic E-state index is 3.55. The van der Waals surface area contributed by atoms with Crippen LogP contribution in [0.15, 0.2) is 0 Å². The lowest BCUT2D eigenvalue weighted by atomic mass is 10.1. The molecule has 0 atom stereocenters. The van der Waals surface area contributed by atoms with Crippen molar-refractivity contribution in [3.05, 3.63) is 0 Å². The highest BCUT2D eigenvalue weighted by Crippen LogP contribution is 2.29. The number of nitrogens with one attached hydrogen (secondary N) is 1. The van der Waals surface area contributed by atoms with E-state index in [1.54, 1.807) is 0 Å². The molecule has 0 amide bonds. The minimum atomic E-state index is 0.250. The zero-order valence-corrected chi connectivity index (χ0v) is 11.7. The van der Waals surface area contributed by atoms with Gasteiger partial charge in [-0.15, -0.1) is 0 Å². The van der Waals surface area contributed by atoms with Crippen molar-refractivity contribution in [3.8, 4) is 0 Å². The third kappa shape index (κ3) is 5.79. The van der Waals surface area contributed by atoms with Crippen LogP contribution in [-0.2, 0) is 0 Å². The van der Waals surface area contributed by atoms with Crippen LogP contribution in [0.4, 0.5) is 0 Å². The summed E-state index contributed by atoms with van der Waals surface area (Å²) < 4.78 is 0.444. The second-order valence-corrected chi connectivity index (χ2v) is 7.86. The fourth-order valence-corrected chi connectivity index (χ4v) is 3.07. The van der Waals surface area contributed by atoms with Gasteiger partial charge < -0.3 is 5.32 Å². The number of hydrogen-bond acceptors (Lipinski definition) is 3. The molecule has 1 aliphatic heterocycles. The van der Waals surface area contributed by atoms with E-state index in [0.717, 1.165) is 6.54 Å². The van der Waals surface area contributed by atoms with Crippen LogP contribution in [-0.4, -0.2) is 47.1 Å². The highest BCUT2D eigenvalue weighted by atomic mass is 32.2. The van der Waals surface area contributed by atoms with Gasteiger partial charge in [0.05, 0.1) is 0 Å². The van der Waals surface area contributed by atoms with Crippen molar-refractivity contribution in [2.75, 3.05) is 31.9 Å². The average molecular weight is 230 g/mol. The van der Waals surface area contributed by atoms with E-state index in [1.165, 1.54) is 25.4 Å². The molecule has 0 aliphatic carbocycles. The van der Waals surface area contributed by atoms with Crippen LogP contribution in [0.3, 0.4) is 0 Å². The first-order valence-electron chi connectivity index (χ1n) is 5.90. The van der Waals surface area contributed by atoms with Crippen molar-refractivity contribution in [2.45, 2.75) is 44.9 Å². The molecular weight excluding hydrogens is 204 g/mol. The molecule has 1 N–H and O–H groups in total. The number of nitrogens with zero attached hydrogens (tertiary/aromatic N) is 1. The van der Waals surface area contributed by atoms with Gasteiger partial charge in [0, 0.05) is 42.2 Å². The minimum absolute atomic E-state index is 0.250. The van der Waals surface area contributed by atoms with Gasteiger partial charge in [0.15, 0.2) is 0 Å². The normalized spacial score (nSPS) is 23.0. The van der Waals surface area contributed by atoms with E-state index >= 15 is 0 Å². The van der Waals surface area contributed by atoms with E-state index in [-0.39, 0.29) is 5.54 Å². The standard InChI is InChI=1S/C12H26N2S/c1-11(2,3)13-6-7-14-8-9-15-12(4,5)10-14/h13H,6-10H2,1-5H3. The molecule has 1 fully saturated rings. The smallest absolute Gasteiger partial charge is 0.0231 e. The van der Waals surface area contributed by atoms with Crippen LogP contribution >= 0.6 is 11.8 Å². The summed E-state index contributed by atoms with van der Waals surface area (Å²) in [4.78, 5) is 2.58. The minimum Gasteiger partial charge on any atom is -0.311 e. The summed E-state index contributed by atoms with van der Waals surface area (Å²) in [6, 6.07) is 0. The predicted molar refractivity (Wildman–Crippen MR) is 70.7 cm³/mol. The first kappa shape index (κ1) is 13.3. The molecule has 0 unspecified atom stereocenters. The average Bonchev–Trinajstić information content (AvgIpc) is 1.99. The van der Waals surface area contributed by atoms with Crippen molar-refractivity contribution in [2.24, 2.45) is 0 Å². The summed E-state index contributed by atoms with van der Waals surface area (Å²) in [6.45, 7) is 16.1. The third-order valence-corrected chi connectivity index (χ3v) is 3.89. The second-order valence-electron chi connectivity index (χ2n) is 6.06. The molecular formula is C12H26N2S. The summed E-state index contributed by atoms with van der Waals surface area (Å²) in [5.41, 5.74) is 0.250. The van der Waals surface area contributed by atoms with E-state index in [0.29, 0.717) is 4.75 Å². The Morgan fingerprint density at radius 3 is 2.53 bits per heavy atom. The molecule has 1 heterocycles. The molecule has 0 radical (unpaired) electrons. The van der Waals surface area contributed by atoms with E-state index in [9.17, 15) is 0 Å². The van der Waals surface area contributed by atoms with Crippen molar-refractivity contribution in [1.82, 2.24) is 10.2 Å². The number of hydrogen-bond donors (Lipinski definition) is 1. The Kier molecular flexibility index (Phi) is 4.50. The summed E-state index contributed by atoms with van der Waals surface area (Å²) in [5.74, 6) is 1.28. The van der Waals surface area contributed by atoms with E-state index in [4.69, 9.17) is 0 Å². The Morgan fingerprint density at radius 2 is 2.00 bits per heavy atom. The molecule has 3 heteroatoms. The Labute approximate surface area is 99.2 Å². The van der Waals surface area contributed by atoms with E-state index < -0.39 is 0 Å². The maximum Gasteiger partial charge on any atom is 0.0231 e. The Morgan fingerprint density at radius 1 is 1.33 bits per heavy atom. The zero-order valence-electron chi connectivity index (χ0n) is 10.9. The second kappa shape index (κ2) is 5.07. The van der Waals surface area contributed by atoms with Crippen molar-refractivity contribution in [1.29, 1.82) is 0 Å².